The summed E-state index contributed by atoms with van der Waals surface area (Å²) in [4.78, 5) is 54.4. The molecule has 10 nitrogen and oxygen atoms in total. The van der Waals surface area contributed by atoms with Gasteiger partial charge < -0.3 is 30.1 Å². The average Bonchev–Trinajstić information content (AvgIpc) is 3.01. The van der Waals surface area contributed by atoms with Gasteiger partial charge in [0.15, 0.2) is 12.1 Å². The van der Waals surface area contributed by atoms with Crippen LogP contribution in [-0.2, 0) is 23.9 Å². The molecule has 2 aliphatic heterocycles. The third kappa shape index (κ3) is 6.89. The van der Waals surface area contributed by atoms with Crippen molar-refractivity contribution < 1.29 is 33.8 Å². The summed E-state index contributed by atoms with van der Waals surface area (Å²) >= 11 is 1.26. The van der Waals surface area contributed by atoms with E-state index in [1.54, 1.807) is 51.1 Å². The minimum atomic E-state index is -1.25. The highest BCUT2D eigenvalue weighted by Gasteiger charge is 2.58. The van der Waals surface area contributed by atoms with E-state index in [0.717, 1.165) is 11.1 Å². The first-order valence-electron chi connectivity index (χ1n) is 14.3. The third-order valence-corrected chi connectivity index (χ3v) is 8.59. The SMILES string of the molecule is CC(C)(C)OC(=O)N[C@@H](C(=O)N[C@@H]1C(=O)N2C(C(=O)OC(c3ccccc3)c3ccccc3)C(O)CS[C@H]12)c1ccccc1. The number of hydrogen-bond donors (Lipinski definition) is 3. The number of carbonyl (C=O) groups excluding carboxylic acids is 4. The molecule has 2 fully saturated rings. The molecule has 5 atom stereocenters. The Labute approximate surface area is 260 Å². The number of carbonyl (C=O) groups is 4. The third-order valence-electron chi connectivity index (χ3n) is 7.22. The number of nitrogens with zero attached hydrogens (tertiary/aromatic N) is 1. The Kier molecular flexibility index (Phi) is 9.26. The summed E-state index contributed by atoms with van der Waals surface area (Å²) in [6.45, 7) is 5.14. The lowest BCUT2D eigenvalue weighted by atomic mass is 9.97. The van der Waals surface area contributed by atoms with E-state index in [4.69, 9.17) is 9.47 Å². The molecule has 5 rings (SSSR count). The highest BCUT2D eigenvalue weighted by Crippen LogP contribution is 2.40. The van der Waals surface area contributed by atoms with Crippen molar-refractivity contribution in [2.45, 2.75) is 62.1 Å². The zero-order chi connectivity index (χ0) is 31.4. The number of aliphatic hydroxyl groups is 1. The van der Waals surface area contributed by atoms with Crippen molar-refractivity contribution in [3.05, 3.63) is 108 Å². The van der Waals surface area contributed by atoms with Crippen LogP contribution in [0.25, 0.3) is 0 Å². The minimum absolute atomic E-state index is 0.153. The highest BCUT2D eigenvalue weighted by molar-refractivity contribution is 8.00. The van der Waals surface area contributed by atoms with Gasteiger partial charge in [0.1, 0.15) is 23.1 Å². The lowest BCUT2D eigenvalue weighted by molar-refractivity contribution is -0.173. The maximum atomic E-state index is 13.6. The van der Waals surface area contributed by atoms with Gasteiger partial charge in [0.2, 0.25) is 11.8 Å². The van der Waals surface area contributed by atoms with Gasteiger partial charge in [0.25, 0.3) is 0 Å². The number of alkyl carbamates (subject to hydrolysis) is 1. The van der Waals surface area contributed by atoms with Crippen LogP contribution in [-0.4, -0.2) is 68.8 Å². The maximum absolute atomic E-state index is 13.6. The van der Waals surface area contributed by atoms with Crippen molar-refractivity contribution >= 4 is 35.6 Å². The van der Waals surface area contributed by atoms with Gasteiger partial charge in [-0.1, -0.05) is 91.0 Å². The second-order valence-electron chi connectivity index (χ2n) is 11.6. The fourth-order valence-corrected chi connectivity index (χ4v) is 6.56. The molecule has 3 aromatic rings. The Balaban J connectivity index is 1.31. The number of amides is 3. The van der Waals surface area contributed by atoms with Crippen LogP contribution in [0.1, 0.15) is 49.6 Å². The predicted molar refractivity (Wildman–Crippen MR) is 164 cm³/mol. The summed E-state index contributed by atoms with van der Waals surface area (Å²) in [6.07, 6.45) is -2.70. The van der Waals surface area contributed by atoms with E-state index in [9.17, 15) is 24.3 Å². The van der Waals surface area contributed by atoms with Gasteiger partial charge in [-0.25, -0.2) is 9.59 Å². The Morgan fingerprint density at radius 3 is 1.93 bits per heavy atom. The Morgan fingerprint density at radius 2 is 1.41 bits per heavy atom. The van der Waals surface area contributed by atoms with Gasteiger partial charge in [-0.05, 0) is 37.5 Å². The van der Waals surface area contributed by atoms with Gasteiger partial charge in [0.05, 0.1) is 6.10 Å². The lowest BCUT2D eigenvalue weighted by Crippen LogP contribution is -2.77. The van der Waals surface area contributed by atoms with Crippen LogP contribution in [0.5, 0.6) is 0 Å². The standard InChI is InChI=1S/C33H35N3O7S/c1-33(2,3)43-32(41)35-24(20-13-7-4-8-14-20)28(38)34-25-29(39)36-26(23(37)19-44-30(25)36)31(40)42-27(21-15-9-5-10-16-21)22-17-11-6-12-18-22/h4-18,23-27,30,37H,19H2,1-3H3,(H,34,38)(H,35,41)/t23?,24-,25-,26?,30-/m1/s1. The first-order chi connectivity index (χ1) is 21.0. The quantitative estimate of drug-likeness (QED) is 0.257. The van der Waals surface area contributed by atoms with E-state index in [2.05, 4.69) is 10.6 Å². The normalized spacial score (nSPS) is 21.8. The second kappa shape index (κ2) is 13.1. The number of hydrogen-bond acceptors (Lipinski definition) is 8. The second-order valence-corrected chi connectivity index (χ2v) is 12.7. The first kappa shape index (κ1) is 31.1. The van der Waals surface area contributed by atoms with Crippen molar-refractivity contribution in [1.29, 1.82) is 0 Å². The molecule has 230 valence electrons. The molecule has 2 saturated heterocycles. The van der Waals surface area contributed by atoms with E-state index < -0.39 is 65.2 Å². The van der Waals surface area contributed by atoms with Crippen molar-refractivity contribution in [2.75, 3.05) is 5.75 Å². The van der Waals surface area contributed by atoms with E-state index >= 15 is 0 Å². The summed E-state index contributed by atoms with van der Waals surface area (Å²) in [7, 11) is 0. The Hall–Kier alpha value is -4.35. The summed E-state index contributed by atoms with van der Waals surface area (Å²) in [6, 6.07) is 23.7. The van der Waals surface area contributed by atoms with Crippen LogP contribution >= 0.6 is 11.8 Å². The number of nitrogens with one attached hydrogen (secondary N) is 2. The molecule has 0 bridgehead atoms. The number of fused-ring (bicyclic) bond motifs is 1. The van der Waals surface area contributed by atoms with Crippen molar-refractivity contribution in [3.8, 4) is 0 Å². The molecule has 11 heteroatoms. The summed E-state index contributed by atoms with van der Waals surface area (Å²) < 4.78 is 11.3. The first-order valence-corrected chi connectivity index (χ1v) is 15.4. The molecule has 0 spiro atoms. The van der Waals surface area contributed by atoms with Crippen LogP contribution in [0.3, 0.4) is 0 Å². The molecule has 0 saturated carbocycles. The molecular formula is C33H35N3O7S. The van der Waals surface area contributed by atoms with Crippen LogP contribution in [0.4, 0.5) is 4.79 Å². The minimum Gasteiger partial charge on any atom is -0.451 e. The van der Waals surface area contributed by atoms with Gasteiger partial charge in [0, 0.05) is 5.75 Å². The number of aliphatic hydroxyl groups excluding tert-OH is 1. The molecule has 3 aromatic carbocycles. The number of thioether (sulfide) groups is 1. The number of ether oxygens (including phenoxy) is 2. The molecular weight excluding hydrogens is 582 g/mol. The fourth-order valence-electron chi connectivity index (χ4n) is 5.21. The molecule has 2 aliphatic rings. The Morgan fingerprint density at radius 1 is 0.886 bits per heavy atom. The van der Waals surface area contributed by atoms with Crippen molar-refractivity contribution in [2.24, 2.45) is 0 Å². The number of benzene rings is 3. The molecule has 0 radical (unpaired) electrons. The molecule has 2 heterocycles. The average molecular weight is 618 g/mol. The molecule has 44 heavy (non-hydrogen) atoms. The zero-order valence-electron chi connectivity index (χ0n) is 24.6. The predicted octanol–water partition coefficient (Wildman–Crippen LogP) is 3.71. The Bertz CT molecular complexity index is 1440. The van der Waals surface area contributed by atoms with E-state index in [1.165, 1.54) is 16.7 Å². The van der Waals surface area contributed by atoms with Crippen molar-refractivity contribution in [1.82, 2.24) is 15.5 Å². The molecule has 3 amide bonds. The van der Waals surface area contributed by atoms with E-state index in [-0.39, 0.29) is 5.75 Å². The monoisotopic (exact) mass is 617 g/mol. The smallest absolute Gasteiger partial charge is 0.408 e. The van der Waals surface area contributed by atoms with Gasteiger partial charge in [-0.3, -0.25) is 9.59 Å². The van der Waals surface area contributed by atoms with Gasteiger partial charge in [-0.2, -0.15) is 0 Å². The van der Waals surface area contributed by atoms with E-state index in [0.29, 0.717) is 5.56 Å². The van der Waals surface area contributed by atoms with Gasteiger partial charge >= 0.3 is 12.1 Å². The van der Waals surface area contributed by atoms with Crippen LogP contribution < -0.4 is 10.6 Å². The number of β-lactam (4-membered cyclic amide) rings is 1. The number of rotatable bonds is 8. The van der Waals surface area contributed by atoms with Crippen LogP contribution in [0, 0.1) is 0 Å². The molecule has 3 N–H and O–H groups in total. The van der Waals surface area contributed by atoms with E-state index in [1.807, 2.05) is 60.7 Å². The van der Waals surface area contributed by atoms with Gasteiger partial charge in [-0.15, -0.1) is 11.8 Å². The van der Waals surface area contributed by atoms with Crippen LogP contribution in [0.15, 0.2) is 91.0 Å². The highest BCUT2D eigenvalue weighted by atomic mass is 32.2. The topological polar surface area (TPSA) is 134 Å². The zero-order valence-corrected chi connectivity index (χ0v) is 25.4. The molecule has 2 unspecified atom stereocenters. The number of esters is 1. The lowest BCUT2D eigenvalue weighted by Gasteiger charge is -2.53. The maximum Gasteiger partial charge on any atom is 0.408 e. The fraction of sp³-hybridized carbons (Fsp3) is 0.333. The summed E-state index contributed by atoms with van der Waals surface area (Å²) in [5, 5.41) is 15.6. The molecule has 0 aliphatic carbocycles. The largest absolute Gasteiger partial charge is 0.451 e. The summed E-state index contributed by atoms with van der Waals surface area (Å²) in [5.41, 5.74) is 1.20. The molecule has 0 aromatic heterocycles. The van der Waals surface area contributed by atoms with Crippen LogP contribution in [0.2, 0.25) is 0 Å². The summed E-state index contributed by atoms with van der Waals surface area (Å²) in [5.74, 6) is -1.73. The van der Waals surface area contributed by atoms with Crippen molar-refractivity contribution in [3.63, 3.8) is 0 Å².